The first-order valence-electron chi connectivity index (χ1n) is 9.36. The summed E-state index contributed by atoms with van der Waals surface area (Å²) in [6.45, 7) is 8.03. The number of nitrogens with two attached hydrogens (primary N) is 1. The number of Topliss-reactive ketones (excluding diaryl/α,β-unsaturated/α-hetero) is 1. The van der Waals surface area contributed by atoms with Gasteiger partial charge < -0.3 is 11.1 Å². The second-order valence-electron chi connectivity index (χ2n) is 7.60. The number of guanidine groups is 1. The molecular formula is C23H27N3O. The molecule has 1 aliphatic heterocycles. The number of aryl methyl sites for hydroxylation is 1. The molecule has 1 heterocycles. The van der Waals surface area contributed by atoms with Gasteiger partial charge in [0.15, 0.2) is 11.7 Å². The van der Waals surface area contributed by atoms with Crippen molar-refractivity contribution in [1.82, 2.24) is 5.32 Å². The lowest BCUT2D eigenvalue weighted by atomic mass is 9.90. The first-order valence-corrected chi connectivity index (χ1v) is 9.36. The lowest BCUT2D eigenvalue weighted by Gasteiger charge is -2.26. The Hall–Kier alpha value is -2.88. The lowest BCUT2D eigenvalue weighted by molar-refractivity contribution is -0.113. The molecule has 0 saturated heterocycles. The van der Waals surface area contributed by atoms with Gasteiger partial charge in [-0.1, -0.05) is 61.9 Å². The van der Waals surface area contributed by atoms with Gasteiger partial charge in [-0.25, -0.2) is 4.99 Å². The van der Waals surface area contributed by atoms with Crippen LogP contribution in [0.25, 0.3) is 5.70 Å². The first kappa shape index (κ1) is 18.9. The standard InChI is InChI=1S/C23H27N3O/c1-14(2)12-17-8-10-18(11-9-17)21-20(16(4)27)22(26-23(24)25-21)19-7-5-6-15(3)13-19/h5-11,13-14,21H,12H2,1-4H3,(H3,24,25,26). The predicted molar refractivity (Wildman–Crippen MR) is 111 cm³/mol. The van der Waals surface area contributed by atoms with Gasteiger partial charge in [0.2, 0.25) is 0 Å². The largest absolute Gasteiger partial charge is 0.370 e. The lowest BCUT2D eigenvalue weighted by Crippen LogP contribution is -2.36. The van der Waals surface area contributed by atoms with Crippen LogP contribution >= 0.6 is 0 Å². The average molecular weight is 361 g/mol. The molecule has 0 aromatic heterocycles. The highest BCUT2D eigenvalue weighted by molar-refractivity contribution is 6.06. The molecule has 0 bridgehead atoms. The third-order valence-electron chi connectivity index (χ3n) is 4.69. The van der Waals surface area contributed by atoms with Gasteiger partial charge >= 0.3 is 0 Å². The normalized spacial score (nSPS) is 16.9. The van der Waals surface area contributed by atoms with Gasteiger partial charge in [-0.3, -0.25) is 4.79 Å². The summed E-state index contributed by atoms with van der Waals surface area (Å²) in [6.07, 6.45) is 1.03. The number of carbonyl (C=O) groups is 1. The number of carbonyl (C=O) groups excluding carboxylic acids is 1. The van der Waals surface area contributed by atoms with Crippen LogP contribution in [0.2, 0.25) is 0 Å². The van der Waals surface area contributed by atoms with Gasteiger partial charge in [-0.05, 0) is 48.9 Å². The van der Waals surface area contributed by atoms with Crippen LogP contribution in [-0.4, -0.2) is 11.7 Å². The Bertz CT molecular complexity index is 907. The second kappa shape index (κ2) is 7.78. The third kappa shape index (κ3) is 4.27. The number of nitrogens with one attached hydrogen (secondary N) is 1. The van der Waals surface area contributed by atoms with E-state index in [0.717, 1.165) is 28.8 Å². The highest BCUT2D eigenvalue weighted by Crippen LogP contribution is 2.34. The molecule has 4 heteroatoms. The van der Waals surface area contributed by atoms with Crippen molar-refractivity contribution in [2.75, 3.05) is 0 Å². The quantitative estimate of drug-likeness (QED) is 0.840. The van der Waals surface area contributed by atoms with Crippen LogP contribution in [0, 0.1) is 12.8 Å². The van der Waals surface area contributed by atoms with Crippen LogP contribution in [0.15, 0.2) is 59.1 Å². The summed E-state index contributed by atoms with van der Waals surface area (Å²) < 4.78 is 0. The van der Waals surface area contributed by atoms with Crippen molar-refractivity contribution in [3.05, 3.63) is 76.4 Å². The van der Waals surface area contributed by atoms with Crippen LogP contribution in [0.5, 0.6) is 0 Å². The summed E-state index contributed by atoms with van der Waals surface area (Å²) in [6, 6.07) is 16.0. The van der Waals surface area contributed by atoms with E-state index in [0.29, 0.717) is 17.5 Å². The van der Waals surface area contributed by atoms with Crippen molar-refractivity contribution in [2.24, 2.45) is 16.6 Å². The zero-order valence-corrected chi connectivity index (χ0v) is 16.4. The summed E-state index contributed by atoms with van der Waals surface area (Å²) in [7, 11) is 0. The van der Waals surface area contributed by atoms with Crippen molar-refractivity contribution >= 4 is 17.4 Å². The van der Waals surface area contributed by atoms with E-state index in [9.17, 15) is 4.79 Å². The van der Waals surface area contributed by atoms with E-state index in [1.165, 1.54) is 5.56 Å². The smallest absolute Gasteiger partial charge is 0.194 e. The Balaban J connectivity index is 2.07. The Labute approximate surface area is 161 Å². The van der Waals surface area contributed by atoms with Gasteiger partial charge in [0, 0.05) is 5.57 Å². The van der Waals surface area contributed by atoms with Crippen molar-refractivity contribution in [3.8, 4) is 0 Å². The number of nitrogens with zero attached hydrogens (tertiary/aromatic N) is 1. The zero-order chi connectivity index (χ0) is 19.6. The van der Waals surface area contributed by atoms with Gasteiger partial charge in [0.1, 0.15) is 6.04 Å². The molecule has 1 unspecified atom stereocenters. The van der Waals surface area contributed by atoms with Gasteiger partial charge in [0.25, 0.3) is 0 Å². The van der Waals surface area contributed by atoms with E-state index in [1.54, 1.807) is 6.92 Å². The molecule has 0 radical (unpaired) electrons. The van der Waals surface area contributed by atoms with Crippen LogP contribution in [-0.2, 0) is 11.2 Å². The van der Waals surface area contributed by atoms with E-state index >= 15 is 0 Å². The minimum absolute atomic E-state index is 0.00786. The molecule has 0 fully saturated rings. The molecular weight excluding hydrogens is 334 g/mol. The van der Waals surface area contributed by atoms with E-state index < -0.39 is 6.04 Å². The first-order chi connectivity index (χ1) is 12.8. The molecule has 2 aromatic carbocycles. The van der Waals surface area contributed by atoms with Crippen LogP contribution < -0.4 is 11.1 Å². The molecule has 3 rings (SSSR count). The maximum Gasteiger partial charge on any atom is 0.194 e. The summed E-state index contributed by atoms with van der Waals surface area (Å²) >= 11 is 0. The van der Waals surface area contributed by atoms with E-state index in [4.69, 9.17) is 5.73 Å². The SMILES string of the molecule is CC(=O)C1=C(c2cccc(C)c2)NC(N)=NC1c1ccc(CC(C)C)cc1. The second-order valence-corrected chi connectivity index (χ2v) is 7.60. The molecule has 1 aliphatic rings. The van der Waals surface area contributed by atoms with Crippen LogP contribution in [0.4, 0.5) is 0 Å². The highest BCUT2D eigenvalue weighted by Gasteiger charge is 2.28. The van der Waals surface area contributed by atoms with Gasteiger partial charge in [-0.15, -0.1) is 0 Å². The molecule has 0 spiro atoms. The summed E-state index contributed by atoms with van der Waals surface area (Å²) in [5.74, 6) is 0.920. The topological polar surface area (TPSA) is 67.5 Å². The maximum atomic E-state index is 12.6. The fourth-order valence-electron chi connectivity index (χ4n) is 3.51. The van der Waals surface area contributed by atoms with Gasteiger partial charge in [0.05, 0.1) is 5.70 Å². The monoisotopic (exact) mass is 361 g/mol. The average Bonchev–Trinajstić information content (AvgIpc) is 2.61. The minimum Gasteiger partial charge on any atom is -0.370 e. The third-order valence-corrected chi connectivity index (χ3v) is 4.69. The molecule has 27 heavy (non-hydrogen) atoms. The number of aliphatic imine (C=N–C) groups is 1. The summed E-state index contributed by atoms with van der Waals surface area (Å²) in [5.41, 5.74) is 11.8. The molecule has 1 atom stereocenters. The number of hydrogen-bond donors (Lipinski definition) is 2. The van der Waals surface area contributed by atoms with Crippen LogP contribution in [0.3, 0.4) is 0 Å². The van der Waals surface area contributed by atoms with Crippen molar-refractivity contribution in [1.29, 1.82) is 0 Å². The summed E-state index contributed by atoms with van der Waals surface area (Å²) in [4.78, 5) is 17.1. The predicted octanol–water partition coefficient (Wildman–Crippen LogP) is 4.15. The molecule has 2 aromatic rings. The molecule has 4 nitrogen and oxygen atoms in total. The minimum atomic E-state index is -0.396. The van der Waals surface area contributed by atoms with Crippen molar-refractivity contribution in [3.63, 3.8) is 0 Å². The Morgan fingerprint density at radius 3 is 2.48 bits per heavy atom. The van der Waals surface area contributed by atoms with Crippen LogP contribution in [0.1, 0.15) is 49.1 Å². The fraction of sp³-hybridized carbons (Fsp3) is 0.304. The van der Waals surface area contributed by atoms with Crippen molar-refractivity contribution < 1.29 is 4.79 Å². The molecule has 3 N–H and O–H groups in total. The van der Waals surface area contributed by atoms with E-state index in [1.807, 2.05) is 31.2 Å². The molecule has 0 aliphatic carbocycles. The Morgan fingerprint density at radius 1 is 1.19 bits per heavy atom. The van der Waals surface area contributed by atoms with E-state index in [-0.39, 0.29) is 5.78 Å². The molecule has 0 saturated carbocycles. The number of rotatable bonds is 5. The number of hydrogen-bond acceptors (Lipinski definition) is 4. The molecule has 140 valence electrons. The zero-order valence-electron chi connectivity index (χ0n) is 16.4. The highest BCUT2D eigenvalue weighted by atomic mass is 16.1. The fourth-order valence-corrected chi connectivity index (χ4v) is 3.51. The molecule has 0 amide bonds. The van der Waals surface area contributed by atoms with Crippen molar-refractivity contribution in [2.45, 2.75) is 40.2 Å². The Morgan fingerprint density at radius 2 is 1.89 bits per heavy atom. The van der Waals surface area contributed by atoms with Gasteiger partial charge in [-0.2, -0.15) is 0 Å². The number of benzene rings is 2. The maximum absolute atomic E-state index is 12.6. The van der Waals surface area contributed by atoms with E-state index in [2.05, 4.69) is 48.4 Å². The number of ketones is 1. The summed E-state index contributed by atoms with van der Waals surface area (Å²) in [5, 5.41) is 3.12. The Kier molecular flexibility index (Phi) is 5.45.